The predicted octanol–water partition coefficient (Wildman–Crippen LogP) is 3.08. The molecule has 2 heterocycles. The van der Waals surface area contributed by atoms with Crippen LogP contribution in [0.25, 0.3) is 0 Å². The highest BCUT2D eigenvalue weighted by Crippen LogP contribution is 2.29. The van der Waals surface area contributed by atoms with Crippen LogP contribution >= 0.6 is 0 Å². The number of aromatic nitrogens is 2. The molecule has 4 heteroatoms. The molecule has 1 aliphatic heterocycles. The fourth-order valence-electron chi connectivity index (χ4n) is 3.39. The van der Waals surface area contributed by atoms with Gasteiger partial charge in [0.25, 0.3) is 0 Å². The van der Waals surface area contributed by atoms with Gasteiger partial charge in [0.15, 0.2) is 0 Å². The van der Waals surface area contributed by atoms with E-state index in [0.717, 1.165) is 30.8 Å². The van der Waals surface area contributed by atoms with Crippen LogP contribution in [0.2, 0.25) is 0 Å². The second-order valence-corrected chi connectivity index (χ2v) is 6.13. The fourth-order valence-corrected chi connectivity index (χ4v) is 3.39. The Morgan fingerprint density at radius 3 is 2.77 bits per heavy atom. The number of para-hydroxylation sites is 1. The Hall–Kier alpha value is -1.81. The molecule has 0 amide bonds. The van der Waals surface area contributed by atoms with Crippen molar-refractivity contribution in [2.24, 2.45) is 7.05 Å². The molecular formula is C18H25N3O. The molecule has 0 aliphatic carbocycles. The third-order valence-corrected chi connectivity index (χ3v) is 4.63. The van der Waals surface area contributed by atoms with Crippen LogP contribution in [-0.4, -0.2) is 22.4 Å². The SMILES string of the molecule is CC[C@@H](NC[C@H]1Cc2ccccc2O1)c1c(C)nn(C)c1C. The summed E-state index contributed by atoms with van der Waals surface area (Å²) in [6, 6.07) is 8.66. The van der Waals surface area contributed by atoms with Crippen molar-refractivity contribution in [2.75, 3.05) is 6.54 Å². The summed E-state index contributed by atoms with van der Waals surface area (Å²) in [5.74, 6) is 1.04. The minimum absolute atomic E-state index is 0.226. The molecule has 22 heavy (non-hydrogen) atoms. The lowest BCUT2D eigenvalue weighted by Crippen LogP contribution is -2.33. The molecule has 4 nitrogen and oxygen atoms in total. The van der Waals surface area contributed by atoms with Crippen molar-refractivity contribution >= 4 is 0 Å². The van der Waals surface area contributed by atoms with Crippen molar-refractivity contribution in [2.45, 2.75) is 45.8 Å². The van der Waals surface area contributed by atoms with E-state index in [1.165, 1.54) is 16.8 Å². The lowest BCUT2D eigenvalue weighted by Gasteiger charge is -2.20. The van der Waals surface area contributed by atoms with Crippen molar-refractivity contribution in [3.63, 3.8) is 0 Å². The Bertz CT molecular complexity index is 637. The molecule has 0 radical (unpaired) electrons. The van der Waals surface area contributed by atoms with Crippen molar-refractivity contribution in [1.82, 2.24) is 15.1 Å². The summed E-state index contributed by atoms with van der Waals surface area (Å²) in [6.07, 6.45) is 2.27. The largest absolute Gasteiger partial charge is 0.488 e. The van der Waals surface area contributed by atoms with E-state index in [4.69, 9.17) is 4.74 Å². The molecule has 0 fully saturated rings. The average molecular weight is 299 g/mol. The number of aryl methyl sites for hydroxylation is 2. The Morgan fingerprint density at radius 2 is 2.14 bits per heavy atom. The second kappa shape index (κ2) is 6.13. The average Bonchev–Trinajstić information content (AvgIpc) is 3.03. The molecule has 0 spiro atoms. The minimum Gasteiger partial charge on any atom is -0.488 e. The number of fused-ring (bicyclic) bond motifs is 1. The van der Waals surface area contributed by atoms with Gasteiger partial charge >= 0.3 is 0 Å². The third-order valence-electron chi connectivity index (χ3n) is 4.63. The van der Waals surface area contributed by atoms with Gasteiger partial charge in [0, 0.05) is 37.3 Å². The van der Waals surface area contributed by atoms with Crippen LogP contribution in [0.3, 0.4) is 0 Å². The van der Waals surface area contributed by atoms with Crippen molar-refractivity contribution < 1.29 is 4.74 Å². The van der Waals surface area contributed by atoms with E-state index < -0.39 is 0 Å². The first-order valence-corrected chi connectivity index (χ1v) is 8.08. The molecule has 0 bridgehead atoms. The molecule has 0 unspecified atom stereocenters. The topological polar surface area (TPSA) is 39.1 Å². The normalized spacial score (nSPS) is 18.1. The lowest BCUT2D eigenvalue weighted by molar-refractivity contribution is 0.220. The first kappa shape index (κ1) is 15.1. The van der Waals surface area contributed by atoms with Crippen molar-refractivity contribution in [1.29, 1.82) is 0 Å². The smallest absolute Gasteiger partial charge is 0.123 e. The summed E-state index contributed by atoms with van der Waals surface area (Å²) in [6.45, 7) is 7.31. The Kier molecular flexibility index (Phi) is 4.21. The summed E-state index contributed by atoms with van der Waals surface area (Å²) in [5, 5.41) is 8.22. The van der Waals surface area contributed by atoms with E-state index in [-0.39, 0.29) is 6.10 Å². The van der Waals surface area contributed by atoms with Crippen LogP contribution in [0, 0.1) is 13.8 Å². The van der Waals surface area contributed by atoms with Gasteiger partial charge in [-0.15, -0.1) is 0 Å². The van der Waals surface area contributed by atoms with Crippen LogP contribution in [0.5, 0.6) is 5.75 Å². The number of nitrogens with zero attached hydrogens (tertiary/aromatic N) is 2. The minimum atomic E-state index is 0.226. The maximum atomic E-state index is 6.02. The molecule has 1 N–H and O–H groups in total. The Balaban J connectivity index is 1.65. The highest BCUT2D eigenvalue weighted by molar-refractivity contribution is 5.37. The number of benzene rings is 1. The van der Waals surface area contributed by atoms with Gasteiger partial charge in [0.05, 0.1) is 5.69 Å². The van der Waals surface area contributed by atoms with Crippen molar-refractivity contribution in [3.8, 4) is 5.75 Å². The van der Waals surface area contributed by atoms with Crippen LogP contribution in [0.15, 0.2) is 24.3 Å². The zero-order valence-electron chi connectivity index (χ0n) is 13.9. The van der Waals surface area contributed by atoms with Gasteiger partial charge in [-0.25, -0.2) is 0 Å². The van der Waals surface area contributed by atoms with Gasteiger partial charge in [-0.2, -0.15) is 5.10 Å². The molecule has 1 aromatic carbocycles. The first-order valence-electron chi connectivity index (χ1n) is 8.08. The van der Waals surface area contributed by atoms with E-state index in [2.05, 4.69) is 49.4 Å². The molecule has 0 saturated carbocycles. The molecule has 1 aromatic heterocycles. The van der Waals surface area contributed by atoms with E-state index in [0.29, 0.717) is 6.04 Å². The highest BCUT2D eigenvalue weighted by Gasteiger charge is 2.24. The zero-order valence-corrected chi connectivity index (χ0v) is 13.9. The quantitative estimate of drug-likeness (QED) is 0.922. The van der Waals surface area contributed by atoms with Gasteiger partial charge < -0.3 is 10.1 Å². The number of ether oxygens (including phenoxy) is 1. The summed E-state index contributed by atoms with van der Waals surface area (Å²) < 4.78 is 7.99. The van der Waals surface area contributed by atoms with E-state index >= 15 is 0 Å². The van der Waals surface area contributed by atoms with Crippen molar-refractivity contribution in [3.05, 3.63) is 46.8 Å². The number of hydrogen-bond acceptors (Lipinski definition) is 3. The fraction of sp³-hybridized carbons (Fsp3) is 0.500. The monoisotopic (exact) mass is 299 g/mol. The maximum absolute atomic E-state index is 6.02. The Labute approximate surface area is 132 Å². The first-order chi connectivity index (χ1) is 10.6. The van der Waals surface area contributed by atoms with E-state index in [1.807, 2.05) is 17.8 Å². The zero-order chi connectivity index (χ0) is 15.7. The standard InChI is InChI=1S/C18H25N3O/c1-5-16(18-12(2)20-21(4)13(18)3)19-11-15-10-14-8-6-7-9-17(14)22-15/h6-9,15-16,19H,5,10-11H2,1-4H3/t15-,16-/m1/s1. The summed E-state index contributed by atoms with van der Waals surface area (Å²) in [4.78, 5) is 0. The predicted molar refractivity (Wildman–Crippen MR) is 88.3 cm³/mol. The molecule has 118 valence electrons. The van der Waals surface area contributed by atoms with Gasteiger partial charge in [-0.1, -0.05) is 25.1 Å². The molecule has 0 saturated heterocycles. The third kappa shape index (κ3) is 2.75. The number of hydrogen-bond donors (Lipinski definition) is 1. The van der Waals surface area contributed by atoms with E-state index in [1.54, 1.807) is 0 Å². The molecule has 1 aliphatic rings. The lowest BCUT2D eigenvalue weighted by atomic mass is 10.0. The molecule has 2 aromatic rings. The number of rotatable bonds is 5. The Morgan fingerprint density at radius 1 is 1.36 bits per heavy atom. The summed E-state index contributed by atoms with van der Waals surface area (Å²) in [7, 11) is 2.01. The van der Waals surface area contributed by atoms with Crippen LogP contribution < -0.4 is 10.1 Å². The van der Waals surface area contributed by atoms with Crippen LogP contribution in [-0.2, 0) is 13.5 Å². The molecular weight excluding hydrogens is 274 g/mol. The van der Waals surface area contributed by atoms with Gasteiger partial charge in [0.2, 0.25) is 0 Å². The van der Waals surface area contributed by atoms with E-state index in [9.17, 15) is 0 Å². The summed E-state index contributed by atoms with van der Waals surface area (Å²) >= 11 is 0. The number of nitrogens with one attached hydrogen (secondary N) is 1. The maximum Gasteiger partial charge on any atom is 0.123 e. The van der Waals surface area contributed by atoms with Crippen LogP contribution in [0.4, 0.5) is 0 Å². The molecule has 2 atom stereocenters. The van der Waals surface area contributed by atoms with Crippen LogP contribution in [0.1, 0.15) is 41.9 Å². The second-order valence-electron chi connectivity index (χ2n) is 6.13. The van der Waals surface area contributed by atoms with Gasteiger partial charge in [-0.3, -0.25) is 4.68 Å². The van der Waals surface area contributed by atoms with Gasteiger partial charge in [-0.05, 0) is 31.9 Å². The van der Waals surface area contributed by atoms with Gasteiger partial charge in [0.1, 0.15) is 11.9 Å². The molecule has 3 rings (SSSR count). The summed E-state index contributed by atoms with van der Waals surface area (Å²) in [5.41, 5.74) is 5.01. The highest BCUT2D eigenvalue weighted by atomic mass is 16.5.